The highest BCUT2D eigenvalue weighted by molar-refractivity contribution is 7.89. The highest BCUT2D eigenvalue weighted by atomic mass is 32.2. The summed E-state index contributed by atoms with van der Waals surface area (Å²) in [6.07, 6.45) is 0.850. The minimum absolute atomic E-state index is 0.0140. The number of hydrogen-bond acceptors (Lipinski definition) is 5. The molecule has 0 saturated carbocycles. The van der Waals surface area contributed by atoms with Gasteiger partial charge in [0.2, 0.25) is 15.9 Å². The molecule has 1 aromatic carbocycles. The van der Waals surface area contributed by atoms with Gasteiger partial charge >= 0.3 is 5.97 Å². The van der Waals surface area contributed by atoms with E-state index in [-0.39, 0.29) is 22.8 Å². The van der Waals surface area contributed by atoms with Crippen LogP contribution in [0.3, 0.4) is 0 Å². The number of aromatic carboxylic acids is 1. The van der Waals surface area contributed by atoms with Crippen molar-refractivity contribution in [2.24, 2.45) is 5.73 Å². The molecule has 2 rings (SSSR count). The number of methoxy groups -OCH3 is 1. The number of sulfonamides is 1. The first-order chi connectivity index (χ1) is 10.3. The summed E-state index contributed by atoms with van der Waals surface area (Å²) in [7, 11) is -2.81. The van der Waals surface area contributed by atoms with Crippen molar-refractivity contribution in [2.75, 3.05) is 13.7 Å². The molecule has 1 fully saturated rings. The van der Waals surface area contributed by atoms with Gasteiger partial charge in [0, 0.05) is 6.54 Å². The zero-order valence-electron chi connectivity index (χ0n) is 11.9. The first kappa shape index (κ1) is 16.2. The van der Waals surface area contributed by atoms with Crippen LogP contribution in [0.15, 0.2) is 23.1 Å². The van der Waals surface area contributed by atoms with Crippen molar-refractivity contribution >= 4 is 21.9 Å². The molecule has 1 atom stereocenters. The third-order valence-electron chi connectivity index (χ3n) is 3.53. The van der Waals surface area contributed by atoms with E-state index in [4.69, 9.17) is 15.6 Å². The Morgan fingerprint density at radius 3 is 2.64 bits per heavy atom. The van der Waals surface area contributed by atoms with Gasteiger partial charge in [0.15, 0.2) is 0 Å². The van der Waals surface area contributed by atoms with Crippen LogP contribution in [0.1, 0.15) is 23.2 Å². The van der Waals surface area contributed by atoms with Crippen molar-refractivity contribution < 1.29 is 27.9 Å². The predicted molar refractivity (Wildman–Crippen MR) is 76.1 cm³/mol. The predicted octanol–water partition coefficient (Wildman–Crippen LogP) is 0.0318. The van der Waals surface area contributed by atoms with Gasteiger partial charge in [-0.15, -0.1) is 0 Å². The summed E-state index contributed by atoms with van der Waals surface area (Å²) in [5.41, 5.74) is 5.06. The Balaban J connectivity index is 2.55. The zero-order valence-corrected chi connectivity index (χ0v) is 12.7. The van der Waals surface area contributed by atoms with Crippen molar-refractivity contribution in [1.29, 1.82) is 0 Å². The first-order valence-corrected chi connectivity index (χ1v) is 7.95. The molecule has 1 amide bonds. The Labute approximate surface area is 127 Å². The molecule has 1 unspecified atom stereocenters. The molecule has 8 nitrogen and oxygen atoms in total. The molecule has 0 aromatic heterocycles. The lowest BCUT2D eigenvalue weighted by Crippen LogP contribution is -2.43. The van der Waals surface area contributed by atoms with Gasteiger partial charge in [-0.2, -0.15) is 4.31 Å². The Bertz CT molecular complexity index is 715. The number of ether oxygens (including phenoxy) is 1. The van der Waals surface area contributed by atoms with E-state index in [9.17, 15) is 18.0 Å². The monoisotopic (exact) mass is 328 g/mol. The van der Waals surface area contributed by atoms with Gasteiger partial charge in [-0.25, -0.2) is 13.2 Å². The van der Waals surface area contributed by atoms with Crippen molar-refractivity contribution in [3.63, 3.8) is 0 Å². The molecule has 0 spiro atoms. The quantitative estimate of drug-likeness (QED) is 0.785. The number of rotatable bonds is 5. The van der Waals surface area contributed by atoms with Crippen LogP contribution in [0, 0.1) is 0 Å². The molecule has 1 aliphatic heterocycles. The van der Waals surface area contributed by atoms with Crippen LogP contribution < -0.4 is 10.5 Å². The summed E-state index contributed by atoms with van der Waals surface area (Å²) >= 11 is 0. The van der Waals surface area contributed by atoms with Crippen LogP contribution in [0.5, 0.6) is 5.75 Å². The molecule has 120 valence electrons. The fraction of sp³-hybridized carbons (Fsp3) is 0.385. The van der Waals surface area contributed by atoms with Crippen molar-refractivity contribution in [2.45, 2.75) is 23.8 Å². The minimum atomic E-state index is -4.09. The van der Waals surface area contributed by atoms with Gasteiger partial charge in [-0.1, -0.05) is 0 Å². The molecule has 1 aromatic rings. The van der Waals surface area contributed by atoms with E-state index in [0.29, 0.717) is 12.8 Å². The molecule has 1 heterocycles. The van der Waals surface area contributed by atoms with Gasteiger partial charge in [-0.05, 0) is 31.0 Å². The second-order valence-electron chi connectivity index (χ2n) is 4.85. The fourth-order valence-corrected chi connectivity index (χ4v) is 4.30. The second kappa shape index (κ2) is 5.93. The molecule has 1 saturated heterocycles. The molecule has 1 aliphatic rings. The molecule has 9 heteroatoms. The van der Waals surface area contributed by atoms with Crippen molar-refractivity contribution in [1.82, 2.24) is 4.31 Å². The Morgan fingerprint density at radius 1 is 1.41 bits per heavy atom. The Kier molecular flexibility index (Phi) is 4.38. The topological polar surface area (TPSA) is 127 Å². The lowest BCUT2D eigenvalue weighted by atomic mass is 10.2. The Hall–Kier alpha value is -2.13. The fourth-order valence-electron chi connectivity index (χ4n) is 2.45. The largest absolute Gasteiger partial charge is 0.495 e. The molecule has 22 heavy (non-hydrogen) atoms. The lowest BCUT2D eigenvalue weighted by Gasteiger charge is -2.22. The maximum absolute atomic E-state index is 12.7. The average Bonchev–Trinajstić information content (AvgIpc) is 2.96. The number of amides is 1. The lowest BCUT2D eigenvalue weighted by molar-refractivity contribution is -0.121. The zero-order chi connectivity index (χ0) is 16.5. The molecular formula is C13H16N2O6S. The molecular weight excluding hydrogens is 312 g/mol. The van der Waals surface area contributed by atoms with Crippen molar-refractivity contribution in [3.05, 3.63) is 23.8 Å². The van der Waals surface area contributed by atoms with E-state index in [1.807, 2.05) is 0 Å². The van der Waals surface area contributed by atoms with Gasteiger partial charge in [-0.3, -0.25) is 4.79 Å². The van der Waals surface area contributed by atoms with Crippen LogP contribution >= 0.6 is 0 Å². The highest BCUT2D eigenvalue weighted by Crippen LogP contribution is 2.32. The molecule has 0 bridgehead atoms. The minimum Gasteiger partial charge on any atom is -0.495 e. The van der Waals surface area contributed by atoms with E-state index in [2.05, 4.69) is 0 Å². The number of carbonyl (C=O) groups is 2. The van der Waals surface area contributed by atoms with Gasteiger partial charge in [0.25, 0.3) is 0 Å². The standard InChI is InChI=1S/C13H16N2O6S/c1-21-10-5-4-8(13(17)18)7-11(10)22(19,20)15-6-2-3-9(15)12(14)16/h4-5,7,9H,2-3,6H2,1H3,(H2,14,16)(H,17,18). The van der Waals surface area contributed by atoms with Crippen LogP contribution in [0.2, 0.25) is 0 Å². The number of carboxylic acid groups (broad SMARTS) is 1. The van der Waals surface area contributed by atoms with E-state index in [1.54, 1.807) is 0 Å². The van der Waals surface area contributed by atoms with Crippen LogP contribution in [-0.2, 0) is 14.8 Å². The van der Waals surface area contributed by atoms with Crippen LogP contribution in [0.4, 0.5) is 0 Å². The summed E-state index contributed by atoms with van der Waals surface area (Å²) < 4.78 is 31.5. The number of carbonyl (C=O) groups excluding carboxylic acids is 1. The molecule has 0 radical (unpaired) electrons. The number of hydrogen-bond donors (Lipinski definition) is 2. The molecule has 0 aliphatic carbocycles. The van der Waals surface area contributed by atoms with Gasteiger partial charge < -0.3 is 15.6 Å². The van der Waals surface area contributed by atoms with Crippen LogP contribution in [0.25, 0.3) is 0 Å². The normalized spacial score (nSPS) is 19.0. The molecule has 3 N–H and O–H groups in total. The van der Waals surface area contributed by atoms with Gasteiger partial charge in [0.1, 0.15) is 16.7 Å². The summed E-state index contributed by atoms with van der Waals surface area (Å²) in [4.78, 5) is 22.2. The summed E-state index contributed by atoms with van der Waals surface area (Å²) in [5, 5.41) is 9.02. The first-order valence-electron chi connectivity index (χ1n) is 6.51. The van der Waals surface area contributed by atoms with Gasteiger partial charge in [0.05, 0.1) is 12.7 Å². The number of nitrogens with zero attached hydrogens (tertiary/aromatic N) is 1. The van der Waals surface area contributed by atoms with Crippen LogP contribution in [-0.4, -0.2) is 49.4 Å². The van der Waals surface area contributed by atoms with E-state index in [1.165, 1.54) is 19.2 Å². The third-order valence-corrected chi connectivity index (χ3v) is 5.46. The number of nitrogens with two attached hydrogens (primary N) is 1. The summed E-state index contributed by atoms with van der Waals surface area (Å²) in [6, 6.07) is 2.61. The number of benzene rings is 1. The second-order valence-corrected chi connectivity index (χ2v) is 6.71. The third kappa shape index (κ3) is 2.77. The smallest absolute Gasteiger partial charge is 0.335 e. The highest BCUT2D eigenvalue weighted by Gasteiger charge is 2.39. The summed E-state index contributed by atoms with van der Waals surface area (Å²) in [6.45, 7) is 0.149. The average molecular weight is 328 g/mol. The number of carboxylic acids is 1. The van der Waals surface area contributed by atoms with E-state index in [0.717, 1.165) is 10.4 Å². The van der Waals surface area contributed by atoms with Crippen molar-refractivity contribution in [3.8, 4) is 5.75 Å². The summed E-state index contributed by atoms with van der Waals surface area (Å²) in [5.74, 6) is -1.97. The maximum atomic E-state index is 12.7. The van der Waals surface area contributed by atoms with E-state index < -0.39 is 27.9 Å². The Morgan fingerprint density at radius 2 is 2.09 bits per heavy atom. The number of primary amides is 1. The SMILES string of the molecule is COc1ccc(C(=O)O)cc1S(=O)(=O)N1CCCC1C(N)=O. The van der Waals surface area contributed by atoms with E-state index >= 15 is 0 Å². The maximum Gasteiger partial charge on any atom is 0.335 e.